The smallest absolute Gasteiger partial charge is 0.223 e. The van der Waals surface area contributed by atoms with Gasteiger partial charge in [0, 0.05) is 18.5 Å². The normalized spacial score (nSPS) is 28.7. The van der Waals surface area contributed by atoms with Gasteiger partial charge >= 0.3 is 0 Å². The van der Waals surface area contributed by atoms with Gasteiger partial charge in [0.05, 0.1) is 0 Å². The van der Waals surface area contributed by atoms with Crippen LogP contribution in [0.2, 0.25) is 0 Å². The molecule has 3 nitrogen and oxygen atoms in total. The first-order chi connectivity index (χ1) is 9.83. The molecule has 1 amide bonds. The van der Waals surface area contributed by atoms with Gasteiger partial charge in [0.15, 0.2) is 0 Å². The Morgan fingerprint density at radius 1 is 1.05 bits per heavy atom. The van der Waals surface area contributed by atoms with Crippen molar-refractivity contribution in [2.45, 2.75) is 44.1 Å². The Morgan fingerprint density at radius 2 is 1.76 bits per heavy atom. The lowest BCUT2D eigenvalue weighted by Crippen LogP contribution is -2.40. The van der Waals surface area contributed by atoms with Crippen molar-refractivity contribution in [1.82, 2.24) is 10.6 Å². The van der Waals surface area contributed by atoms with Crippen LogP contribution in [0.15, 0.2) is 30.3 Å². The molecule has 4 heteroatoms. The second-order valence-corrected chi connectivity index (χ2v) is 6.16. The van der Waals surface area contributed by atoms with Gasteiger partial charge in [0.2, 0.25) is 5.91 Å². The van der Waals surface area contributed by atoms with Crippen LogP contribution in [0, 0.1) is 5.92 Å². The van der Waals surface area contributed by atoms with E-state index in [0.29, 0.717) is 12.0 Å². The molecule has 1 aliphatic heterocycles. The zero-order chi connectivity index (χ0) is 13.8. The number of amides is 1. The van der Waals surface area contributed by atoms with Crippen molar-refractivity contribution in [1.29, 1.82) is 0 Å². The fourth-order valence-electron chi connectivity index (χ4n) is 3.51. The van der Waals surface area contributed by atoms with E-state index in [0.717, 1.165) is 45.2 Å². The van der Waals surface area contributed by atoms with Crippen molar-refractivity contribution < 1.29 is 4.79 Å². The fourth-order valence-corrected chi connectivity index (χ4v) is 3.51. The molecular weight excluding hydrogens is 284 g/mol. The quantitative estimate of drug-likeness (QED) is 0.901. The first-order valence-corrected chi connectivity index (χ1v) is 7.89. The van der Waals surface area contributed by atoms with Crippen LogP contribution in [0.1, 0.15) is 43.6 Å². The maximum Gasteiger partial charge on any atom is 0.223 e. The van der Waals surface area contributed by atoms with E-state index in [4.69, 9.17) is 0 Å². The third kappa shape index (κ3) is 4.21. The highest BCUT2D eigenvalue weighted by Gasteiger charge is 2.28. The second-order valence-electron chi connectivity index (χ2n) is 6.16. The minimum Gasteiger partial charge on any atom is -0.352 e. The maximum absolute atomic E-state index is 12.3. The molecule has 0 aromatic heterocycles. The van der Waals surface area contributed by atoms with Crippen LogP contribution in [0.5, 0.6) is 0 Å². The van der Waals surface area contributed by atoms with Crippen LogP contribution >= 0.6 is 12.4 Å². The van der Waals surface area contributed by atoms with Gasteiger partial charge < -0.3 is 10.6 Å². The van der Waals surface area contributed by atoms with Crippen molar-refractivity contribution in [2.24, 2.45) is 5.92 Å². The topological polar surface area (TPSA) is 41.1 Å². The van der Waals surface area contributed by atoms with Crippen molar-refractivity contribution in [3.63, 3.8) is 0 Å². The summed E-state index contributed by atoms with van der Waals surface area (Å²) in [5, 5.41) is 6.50. The van der Waals surface area contributed by atoms with Crippen LogP contribution in [0.3, 0.4) is 0 Å². The number of carbonyl (C=O) groups excluding carboxylic acids is 1. The number of carbonyl (C=O) groups is 1. The van der Waals surface area contributed by atoms with Gasteiger partial charge in [-0.15, -0.1) is 12.4 Å². The van der Waals surface area contributed by atoms with E-state index in [9.17, 15) is 4.79 Å². The molecule has 2 fully saturated rings. The lowest BCUT2D eigenvalue weighted by atomic mass is 9.78. The summed E-state index contributed by atoms with van der Waals surface area (Å²) in [5.74, 6) is 1.16. The van der Waals surface area contributed by atoms with Crippen LogP contribution in [0.25, 0.3) is 0 Å². The van der Waals surface area contributed by atoms with Crippen LogP contribution in [-0.4, -0.2) is 25.0 Å². The van der Waals surface area contributed by atoms with Crippen LogP contribution < -0.4 is 10.6 Å². The SMILES string of the molecule is Cl.O=C(NC1CCNC1)C1CCC(c2ccccc2)CC1. The molecule has 2 N–H and O–H groups in total. The molecule has 1 aliphatic carbocycles. The summed E-state index contributed by atoms with van der Waals surface area (Å²) in [6.45, 7) is 1.97. The maximum atomic E-state index is 12.3. The molecule has 0 bridgehead atoms. The molecule has 1 aromatic carbocycles. The molecular formula is C17H25ClN2O. The summed E-state index contributed by atoms with van der Waals surface area (Å²) in [6.07, 6.45) is 5.43. The number of hydrogen-bond donors (Lipinski definition) is 2. The van der Waals surface area contributed by atoms with Crippen LogP contribution in [0.4, 0.5) is 0 Å². The van der Waals surface area contributed by atoms with Gasteiger partial charge in [-0.2, -0.15) is 0 Å². The fraction of sp³-hybridized carbons (Fsp3) is 0.588. The van der Waals surface area contributed by atoms with Crippen LogP contribution in [-0.2, 0) is 4.79 Å². The number of nitrogens with one attached hydrogen (secondary N) is 2. The third-order valence-electron chi connectivity index (χ3n) is 4.78. The van der Waals surface area contributed by atoms with E-state index >= 15 is 0 Å². The van der Waals surface area contributed by atoms with E-state index in [2.05, 4.69) is 41.0 Å². The zero-order valence-corrected chi connectivity index (χ0v) is 13.2. The van der Waals surface area contributed by atoms with E-state index < -0.39 is 0 Å². The Labute approximate surface area is 133 Å². The number of benzene rings is 1. The van der Waals surface area contributed by atoms with Crippen molar-refractivity contribution in [3.05, 3.63) is 35.9 Å². The lowest BCUT2D eigenvalue weighted by Gasteiger charge is -2.28. The summed E-state index contributed by atoms with van der Waals surface area (Å²) in [5.41, 5.74) is 1.44. The number of rotatable bonds is 3. The molecule has 0 spiro atoms. The molecule has 2 aliphatic rings. The predicted octanol–water partition coefficient (Wildman–Crippen LogP) is 2.86. The highest BCUT2D eigenvalue weighted by Crippen LogP contribution is 2.35. The molecule has 21 heavy (non-hydrogen) atoms. The minimum absolute atomic E-state index is 0. The largest absolute Gasteiger partial charge is 0.352 e. The Morgan fingerprint density at radius 3 is 2.38 bits per heavy atom. The molecule has 3 rings (SSSR count). The molecule has 116 valence electrons. The van der Waals surface area contributed by atoms with Gasteiger partial charge in [-0.3, -0.25) is 4.79 Å². The van der Waals surface area contributed by atoms with Gasteiger partial charge in [0.25, 0.3) is 0 Å². The number of halogens is 1. The molecule has 1 saturated carbocycles. The molecule has 1 aromatic rings. The molecule has 1 unspecified atom stereocenters. The van der Waals surface area contributed by atoms with E-state index in [1.165, 1.54) is 5.56 Å². The summed E-state index contributed by atoms with van der Waals surface area (Å²) >= 11 is 0. The predicted molar refractivity (Wildman–Crippen MR) is 87.8 cm³/mol. The van der Waals surface area contributed by atoms with Crippen molar-refractivity contribution in [3.8, 4) is 0 Å². The first-order valence-electron chi connectivity index (χ1n) is 7.89. The van der Waals surface area contributed by atoms with Gasteiger partial charge in [-0.05, 0) is 50.1 Å². The summed E-state index contributed by atoms with van der Waals surface area (Å²) in [7, 11) is 0. The summed E-state index contributed by atoms with van der Waals surface area (Å²) in [4.78, 5) is 12.3. The average Bonchev–Trinajstić information content (AvgIpc) is 3.01. The number of hydrogen-bond acceptors (Lipinski definition) is 2. The molecule has 1 atom stereocenters. The van der Waals surface area contributed by atoms with E-state index in [1.54, 1.807) is 0 Å². The van der Waals surface area contributed by atoms with E-state index in [-0.39, 0.29) is 24.2 Å². The summed E-state index contributed by atoms with van der Waals surface area (Å²) < 4.78 is 0. The second kappa shape index (κ2) is 7.81. The molecule has 1 heterocycles. The van der Waals surface area contributed by atoms with Gasteiger partial charge in [0.1, 0.15) is 0 Å². The standard InChI is InChI=1S/C17H24N2O.ClH/c20-17(19-16-10-11-18-12-16)15-8-6-14(7-9-15)13-4-2-1-3-5-13;/h1-5,14-16,18H,6-12H2,(H,19,20);1H. The zero-order valence-electron chi connectivity index (χ0n) is 12.4. The Kier molecular flexibility index (Phi) is 6.07. The lowest BCUT2D eigenvalue weighted by molar-refractivity contribution is -0.126. The Hall–Kier alpha value is -1.06. The highest BCUT2D eigenvalue weighted by atomic mass is 35.5. The van der Waals surface area contributed by atoms with Gasteiger partial charge in [-0.1, -0.05) is 30.3 Å². The monoisotopic (exact) mass is 308 g/mol. The first kappa shape index (κ1) is 16.3. The average molecular weight is 309 g/mol. The molecule has 1 saturated heterocycles. The molecule has 0 radical (unpaired) electrons. The van der Waals surface area contributed by atoms with Crippen molar-refractivity contribution in [2.75, 3.05) is 13.1 Å². The van der Waals surface area contributed by atoms with E-state index in [1.807, 2.05) is 0 Å². The summed E-state index contributed by atoms with van der Waals surface area (Å²) in [6, 6.07) is 11.1. The van der Waals surface area contributed by atoms with Gasteiger partial charge in [-0.25, -0.2) is 0 Å². The minimum atomic E-state index is 0. The highest BCUT2D eigenvalue weighted by molar-refractivity contribution is 5.85. The third-order valence-corrected chi connectivity index (χ3v) is 4.78. The Bertz CT molecular complexity index is 437. The Balaban J connectivity index is 0.00000161. The van der Waals surface area contributed by atoms with Crippen molar-refractivity contribution >= 4 is 18.3 Å².